The second-order valence-corrected chi connectivity index (χ2v) is 7.91. The Morgan fingerprint density at radius 3 is 2.75 bits per heavy atom. The molecule has 1 saturated heterocycles. The largest absolute Gasteiger partial charge is 0.444 e. The molecular formula is C17H23BrN4O2. The first-order valence-electron chi connectivity index (χ1n) is 8.20. The third kappa shape index (κ3) is 4.01. The highest BCUT2D eigenvalue weighted by Crippen LogP contribution is 2.25. The number of piperidine rings is 1. The van der Waals surface area contributed by atoms with E-state index in [0.29, 0.717) is 19.1 Å². The van der Waals surface area contributed by atoms with E-state index in [-0.39, 0.29) is 6.09 Å². The Labute approximate surface area is 150 Å². The first-order chi connectivity index (χ1) is 11.3. The lowest BCUT2D eigenvalue weighted by atomic mass is 10.0. The molecule has 130 valence electrons. The average molecular weight is 395 g/mol. The van der Waals surface area contributed by atoms with Crippen LogP contribution in [0, 0.1) is 0 Å². The summed E-state index contributed by atoms with van der Waals surface area (Å²) in [6.07, 6.45) is 1.60. The zero-order chi connectivity index (χ0) is 17.3. The number of fused-ring (bicyclic) bond motifs is 1. The van der Waals surface area contributed by atoms with E-state index >= 15 is 0 Å². The van der Waals surface area contributed by atoms with Crippen LogP contribution in [0.3, 0.4) is 0 Å². The van der Waals surface area contributed by atoms with Crippen LogP contribution in [0.5, 0.6) is 0 Å². The number of hydrogen-bond acceptors (Lipinski definition) is 4. The number of H-pyrrole nitrogens is 1. The van der Waals surface area contributed by atoms with Crippen molar-refractivity contribution in [2.75, 3.05) is 18.4 Å². The summed E-state index contributed by atoms with van der Waals surface area (Å²) in [6.45, 7) is 7.10. The van der Waals surface area contributed by atoms with Gasteiger partial charge in [0.05, 0.1) is 5.52 Å². The third-order valence-electron chi connectivity index (χ3n) is 4.03. The second kappa shape index (κ2) is 6.63. The Hall–Kier alpha value is -1.76. The fourth-order valence-corrected chi connectivity index (χ4v) is 3.28. The van der Waals surface area contributed by atoms with Crippen LogP contribution in [0.4, 0.5) is 10.5 Å². The summed E-state index contributed by atoms with van der Waals surface area (Å²) in [5.41, 5.74) is 1.62. The van der Waals surface area contributed by atoms with Gasteiger partial charge in [0.2, 0.25) is 0 Å². The van der Waals surface area contributed by atoms with E-state index in [4.69, 9.17) is 4.74 Å². The van der Waals surface area contributed by atoms with E-state index in [1.54, 1.807) is 4.90 Å². The van der Waals surface area contributed by atoms with Crippen LogP contribution in [0.2, 0.25) is 0 Å². The van der Waals surface area contributed by atoms with Gasteiger partial charge in [-0.2, -0.15) is 5.10 Å². The van der Waals surface area contributed by atoms with Crippen molar-refractivity contribution in [1.29, 1.82) is 0 Å². The van der Waals surface area contributed by atoms with Crippen molar-refractivity contribution in [3.63, 3.8) is 0 Å². The molecule has 2 N–H and O–H groups in total. The van der Waals surface area contributed by atoms with E-state index in [1.165, 1.54) is 0 Å². The molecule has 1 amide bonds. The molecule has 1 aromatic carbocycles. The molecule has 1 aliphatic rings. The molecule has 0 saturated carbocycles. The molecule has 0 atom stereocenters. The number of ether oxygens (including phenoxy) is 1. The molecule has 0 unspecified atom stereocenters. The second-order valence-electron chi connectivity index (χ2n) is 7.16. The predicted molar refractivity (Wildman–Crippen MR) is 98.2 cm³/mol. The van der Waals surface area contributed by atoms with Gasteiger partial charge in [-0.1, -0.05) is 0 Å². The molecular weight excluding hydrogens is 372 g/mol. The number of benzene rings is 1. The molecule has 2 aromatic rings. The van der Waals surface area contributed by atoms with Gasteiger partial charge in [-0.25, -0.2) is 4.79 Å². The van der Waals surface area contributed by atoms with E-state index in [0.717, 1.165) is 34.0 Å². The van der Waals surface area contributed by atoms with E-state index in [2.05, 4.69) is 43.6 Å². The molecule has 7 heteroatoms. The number of carbonyl (C=O) groups excluding carboxylic acids is 1. The summed E-state index contributed by atoms with van der Waals surface area (Å²) in [5.74, 6) is 0. The van der Waals surface area contributed by atoms with E-state index < -0.39 is 5.60 Å². The number of nitrogens with zero attached hydrogens (tertiary/aromatic N) is 2. The lowest BCUT2D eigenvalue weighted by molar-refractivity contribution is 0.0210. The molecule has 1 aromatic heterocycles. The van der Waals surface area contributed by atoms with E-state index in [9.17, 15) is 4.79 Å². The lowest BCUT2D eigenvalue weighted by Gasteiger charge is -2.34. The van der Waals surface area contributed by atoms with Crippen molar-refractivity contribution in [3.05, 3.63) is 22.8 Å². The van der Waals surface area contributed by atoms with Crippen molar-refractivity contribution in [2.45, 2.75) is 45.3 Å². The van der Waals surface area contributed by atoms with Crippen LogP contribution in [0.1, 0.15) is 33.6 Å². The maximum atomic E-state index is 12.1. The molecule has 2 heterocycles. The van der Waals surface area contributed by atoms with Gasteiger partial charge in [0, 0.05) is 30.2 Å². The minimum atomic E-state index is -0.445. The number of nitrogens with one attached hydrogen (secondary N) is 2. The van der Waals surface area contributed by atoms with Crippen molar-refractivity contribution in [2.24, 2.45) is 0 Å². The number of hydrogen-bond donors (Lipinski definition) is 2. The fraction of sp³-hybridized carbons (Fsp3) is 0.529. The number of amides is 1. The molecule has 24 heavy (non-hydrogen) atoms. The summed E-state index contributed by atoms with van der Waals surface area (Å²) in [5, 5.41) is 11.8. The number of aromatic nitrogens is 2. The van der Waals surface area contributed by atoms with Crippen LogP contribution in [0.25, 0.3) is 10.9 Å². The summed E-state index contributed by atoms with van der Waals surface area (Å²) in [6, 6.07) is 6.52. The number of likely N-dealkylation sites (tertiary alicyclic amines) is 1. The van der Waals surface area contributed by atoms with Crippen LogP contribution in [-0.2, 0) is 4.74 Å². The van der Waals surface area contributed by atoms with Gasteiger partial charge in [-0.05, 0) is 67.7 Å². The summed E-state index contributed by atoms with van der Waals surface area (Å²) >= 11 is 3.42. The van der Waals surface area contributed by atoms with Crippen molar-refractivity contribution in [1.82, 2.24) is 15.1 Å². The van der Waals surface area contributed by atoms with Crippen LogP contribution in [0.15, 0.2) is 22.8 Å². The van der Waals surface area contributed by atoms with Crippen molar-refractivity contribution >= 4 is 38.6 Å². The van der Waals surface area contributed by atoms with Gasteiger partial charge in [-0.3, -0.25) is 5.10 Å². The number of aromatic amines is 1. The fourth-order valence-electron chi connectivity index (χ4n) is 2.84. The van der Waals surface area contributed by atoms with Crippen LogP contribution < -0.4 is 5.32 Å². The first kappa shape index (κ1) is 17.1. The molecule has 6 nitrogen and oxygen atoms in total. The molecule has 0 spiro atoms. The maximum Gasteiger partial charge on any atom is 0.410 e. The predicted octanol–water partition coefficient (Wildman–Crippen LogP) is 4.14. The highest BCUT2D eigenvalue weighted by Gasteiger charge is 2.26. The van der Waals surface area contributed by atoms with Crippen molar-refractivity contribution in [3.8, 4) is 0 Å². The Bertz CT molecular complexity index is 730. The van der Waals surface area contributed by atoms with Gasteiger partial charge in [0.1, 0.15) is 10.2 Å². The maximum absolute atomic E-state index is 12.1. The lowest BCUT2D eigenvalue weighted by Crippen LogP contribution is -2.44. The Morgan fingerprint density at radius 1 is 1.38 bits per heavy atom. The third-order valence-corrected chi connectivity index (χ3v) is 4.64. The molecule has 0 radical (unpaired) electrons. The SMILES string of the molecule is CC(C)(C)OC(=O)N1CCC(Nc2ccc3c(Br)n[nH]c3c2)CC1. The standard InChI is InChI=1S/C17H23BrN4O2/c1-17(2,3)24-16(23)22-8-6-11(7-9-22)19-12-4-5-13-14(10-12)20-21-15(13)18/h4-5,10-11,19H,6-9H2,1-3H3,(H,20,21). The Morgan fingerprint density at radius 2 is 2.08 bits per heavy atom. The molecule has 3 rings (SSSR count). The zero-order valence-corrected chi connectivity index (χ0v) is 15.8. The van der Waals surface area contributed by atoms with Gasteiger partial charge in [0.25, 0.3) is 0 Å². The monoisotopic (exact) mass is 394 g/mol. The highest BCUT2D eigenvalue weighted by atomic mass is 79.9. The molecule has 1 aliphatic heterocycles. The number of rotatable bonds is 2. The molecule has 0 aliphatic carbocycles. The smallest absolute Gasteiger partial charge is 0.410 e. The van der Waals surface area contributed by atoms with Gasteiger partial charge >= 0.3 is 6.09 Å². The average Bonchev–Trinajstić information content (AvgIpc) is 2.87. The van der Waals surface area contributed by atoms with Crippen LogP contribution >= 0.6 is 15.9 Å². The summed E-state index contributed by atoms with van der Waals surface area (Å²) in [4.78, 5) is 13.9. The van der Waals surface area contributed by atoms with E-state index in [1.807, 2.05) is 26.8 Å². The summed E-state index contributed by atoms with van der Waals surface area (Å²) in [7, 11) is 0. The van der Waals surface area contributed by atoms with Crippen LogP contribution in [-0.4, -0.2) is 45.9 Å². The number of anilines is 1. The van der Waals surface area contributed by atoms with Gasteiger partial charge < -0.3 is 15.0 Å². The Balaban J connectivity index is 1.55. The quantitative estimate of drug-likeness (QED) is 0.802. The molecule has 1 fully saturated rings. The minimum Gasteiger partial charge on any atom is -0.444 e. The number of halogens is 1. The highest BCUT2D eigenvalue weighted by molar-refractivity contribution is 9.10. The zero-order valence-electron chi connectivity index (χ0n) is 14.2. The number of carbonyl (C=O) groups is 1. The topological polar surface area (TPSA) is 70.2 Å². The molecule has 0 bridgehead atoms. The minimum absolute atomic E-state index is 0.218. The van der Waals surface area contributed by atoms with Gasteiger partial charge in [-0.15, -0.1) is 0 Å². The normalized spacial score (nSPS) is 16.4. The first-order valence-corrected chi connectivity index (χ1v) is 8.99. The Kier molecular flexibility index (Phi) is 4.71. The van der Waals surface area contributed by atoms with Gasteiger partial charge in [0.15, 0.2) is 0 Å². The van der Waals surface area contributed by atoms with Crippen molar-refractivity contribution < 1.29 is 9.53 Å². The summed E-state index contributed by atoms with van der Waals surface area (Å²) < 4.78 is 6.26.